The summed E-state index contributed by atoms with van der Waals surface area (Å²) in [5.74, 6) is 1.04. The van der Waals surface area contributed by atoms with Gasteiger partial charge in [0.05, 0.1) is 16.1 Å². The highest BCUT2D eigenvalue weighted by molar-refractivity contribution is 14.0. The van der Waals surface area contributed by atoms with Crippen LogP contribution in [0.2, 0.25) is 0 Å². The first-order valence-electron chi connectivity index (χ1n) is 7.94. The summed E-state index contributed by atoms with van der Waals surface area (Å²) in [5.41, 5.74) is -0.156. The number of guanidine groups is 1. The number of nitrogens with zero attached hydrogens (tertiary/aromatic N) is 2. The van der Waals surface area contributed by atoms with Gasteiger partial charge in [-0.15, -0.1) is 35.3 Å². The van der Waals surface area contributed by atoms with E-state index in [1.807, 2.05) is 20.0 Å². The lowest BCUT2D eigenvalue weighted by Gasteiger charge is -2.25. The van der Waals surface area contributed by atoms with Crippen molar-refractivity contribution in [2.75, 3.05) is 32.1 Å². The van der Waals surface area contributed by atoms with E-state index in [0.717, 1.165) is 22.8 Å². The molecule has 1 aromatic heterocycles. The third-order valence-corrected chi connectivity index (χ3v) is 6.08. The summed E-state index contributed by atoms with van der Waals surface area (Å²) >= 11 is 5.20. The second-order valence-corrected chi connectivity index (χ2v) is 11.6. The van der Waals surface area contributed by atoms with Gasteiger partial charge < -0.3 is 10.2 Å². The molecule has 1 rings (SSSR count). The van der Waals surface area contributed by atoms with Crippen molar-refractivity contribution in [3.05, 3.63) is 20.8 Å². The second-order valence-electron chi connectivity index (χ2n) is 6.78. The van der Waals surface area contributed by atoms with Crippen LogP contribution >= 0.6 is 51.2 Å². The van der Waals surface area contributed by atoms with Crippen molar-refractivity contribution < 1.29 is 8.42 Å². The van der Waals surface area contributed by atoms with E-state index in [0.29, 0.717) is 13.0 Å². The summed E-state index contributed by atoms with van der Waals surface area (Å²) < 4.78 is 23.9. The van der Waals surface area contributed by atoms with Crippen LogP contribution in [0.4, 0.5) is 0 Å². The van der Waals surface area contributed by atoms with Crippen LogP contribution in [-0.4, -0.2) is 51.4 Å². The Morgan fingerprint density at radius 2 is 2.04 bits per heavy atom. The van der Waals surface area contributed by atoms with E-state index >= 15 is 0 Å². The molecular weight excluding hydrogens is 537 g/mol. The second kappa shape index (κ2) is 11.1. The Morgan fingerprint density at radius 1 is 1.40 bits per heavy atom. The molecule has 1 N–H and O–H groups in total. The molecule has 0 aromatic carbocycles. The topological polar surface area (TPSA) is 61.8 Å². The summed E-state index contributed by atoms with van der Waals surface area (Å²) in [6.07, 6.45) is 1.89. The van der Waals surface area contributed by atoms with Gasteiger partial charge in [0.2, 0.25) is 0 Å². The van der Waals surface area contributed by atoms with Gasteiger partial charge in [0.1, 0.15) is 9.84 Å². The average molecular weight is 566 g/mol. The molecule has 0 atom stereocenters. The summed E-state index contributed by atoms with van der Waals surface area (Å²) in [5, 5.41) is 3.30. The molecule has 0 spiro atoms. The van der Waals surface area contributed by atoms with Crippen LogP contribution in [0.3, 0.4) is 0 Å². The van der Waals surface area contributed by atoms with Gasteiger partial charge in [-0.05, 0) is 46.8 Å². The molecule has 0 aliphatic heterocycles. The van der Waals surface area contributed by atoms with E-state index in [1.54, 1.807) is 11.3 Å². The van der Waals surface area contributed by atoms with E-state index in [9.17, 15) is 8.42 Å². The van der Waals surface area contributed by atoms with Gasteiger partial charge in [0.25, 0.3) is 0 Å². The highest BCUT2D eigenvalue weighted by Crippen LogP contribution is 2.24. The van der Waals surface area contributed by atoms with Crippen LogP contribution in [-0.2, 0) is 16.4 Å². The highest BCUT2D eigenvalue weighted by Gasteiger charge is 2.20. The van der Waals surface area contributed by atoms with Crippen LogP contribution in [0.25, 0.3) is 0 Å². The SMILES string of the molecule is CCNC(=NCC(C)(C)CCS(C)(=O)=O)N(C)Cc1ccc(Br)s1.I. The van der Waals surface area contributed by atoms with Gasteiger partial charge >= 0.3 is 0 Å². The molecule has 25 heavy (non-hydrogen) atoms. The molecule has 0 fully saturated rings. The van der Waals surface area contributed by atoms with E-state index in [-0.39, 0.29) is 35.1 Å². The maximum Gasteiger partial charge on any atom is 0.194 e. The summed E-state index contributed by atoms with van der Waals surface area (Å²) in [7, 11) is -0.926. The van der Waals surface area contributed by atoms with E-state index in [1.165, 1.54) is 11.1 Å². The van der Waals surface area contributed by atoms with Crippen molar-refractivity contribution in [3.8, 4) is 0 Å². The average Bonchev–Trinajstić information content (AvgIpc) is 2.86. The molecule has 0 aliphatic carbocycles. The van der Waals surface area contributed by atoms with Crippen LogP contribution in [0.15, 0.2) is 20.9 Å². The fourth-order valence-electron chi connectivity index (χ4n) is 2.04. The highest BCUT2D eigenvalue weighted by atomic mass is 127. The molecule has 0 aliphatic rings. The molecule has 0 bridgehead atoms. The molecule has 0 radical (unpaired) electrons. The number of rotatable bonds is 8. The van der Waals surface area contributed by atoms with Gasteiger partial charge in [-0.2, -0.15) is 0 Å². The predicted octanol–water partition coefficient (Wildman–Crippen LogP) is 3.99. The predicted molar refractivity (Wildman–Crippen MR) is 123 cm³/mol. The first kappa shape index (κ1) is 25.1. The third kappa shape index (κ3) is 10.8. The molecule has 5 nitrogen and oxygen atoms in total. The Balaban J connectivity index is 0.00000576. The number of halogens is 2. The molecule has 0 saturated heterocycles. The molecule has 1 heterocycles. The monoisotopic (exact) mass is 565 g/mol. The zero-order valence-corrected chi connectivity index (χ0v) is 21.1. The lowest BCUT2D eigenvalue weighted by atomic mass is 9.90. The number of thiophene rings is 1. The van der Waals surface area contributed by atoms with Crippen molar-refractivity contribution in [1.29, 1.82) is 0 Å². The number of hydrogen-bond acceptors (Lipinski definition) is 4. The maximum absolute atomic E-state index is 11.4. The van der Waals surface area contributed by atoms with Crippen LogP contribution in [0.1, 0.15) is 32.1 Å². The fraction of sp³-hybridized carbons (Fsp3) is 0.688. The Kier molecular flexibility index (Phi) is 11.1. The summed E-state index contributed by atoms with van der Waals surface area (Å²) in [6.45, 7) is 8.32. The molecule has 0 saturated carbocycles. The fourth-order valence-corrected chi connectivity index (χ4v) is 4.50. The molecule has 0 unspecified atom stereocenters. The van der Waals surface area contributed by atoms with E-state index in [2.05, 4.69) is 46.1 Å². The van der Waals surface area contributed by atoms with Crippen molar-refractivity contribution in [2.24, 2.45) is 10.4 Å². The maximum atomic E-state index is 11.4. The first-order valence-corrected chi connectivity index (χ1v) is 11.6. The number of nitrogens with one attached hydrogen (secondary N) is 1. The number of hydrogen-bond donors (Lipinski definition) is 1. The van der Waals surface area contributed by atoms with Gasteiger partial charge in [-0.1, -0.05) is 13.8 Å². The Morgan fingerprint density at radius 3 is 2.52 bits per heavy atom. The van der Waals surface area contributed by atoms with Crippen molar-refractivity contribution >= 4 is 67.0 Å². The number of sulfone groups is 1. The normalized spacial score (nSPS) is 12.6. The minimum absolute atomic E-state index is 0. The molecule has 146 valence electrons. The van der Waals surface area contributed by atoms with Gasteiger partial charge in [0.15, 0.2) is 5.96 Å². The number of aliphatic imine (C=N–C) groups is 1. The standard InChI is InChI=1S/C16H28BrN3O2S2.HI/c1-6-18-15(20(4)11-13-7-8-14(17)23-13)19-12-16(2,3)9-10-24(5,21)22;/h7-8H,6,9-12H2,1-5H3,(H,18,19);1H. The smallest absolute Gasteiger partial charge is 0.194 e. The molecule has 0 amide bonds. The molecule has 9 heteroatoms. The zero-order chi connectivity index (χ0) is 18.4. The van der Waals surface area contributed by atoms with Crippen LogP contribution < -0.4 is 5.32 Å². The Bertz CT molecular complexity index is 660. The lowest BCUT2D eigenvalue weighted by molar-refractivity contribution is 0.361. The third-order valence-electron chi connectivity index (χ3n) is 3.52. The zero-order valence-electron chi connectivity index (χ0n) is 15.5. The van der Waals surface area contributed by atoms with Crippen molar-refractivity contribution in [2.45, 2.75) is 33.7 Å². The molecule has 1 aromatic rings. The summed E-state index contributed by atoms with van der Waals surface area (Å²) in [6, 6.07) is 4.15. The Labute approximate surface area is 181 Å². The summed E-state index contributed by atoms with van der Waals surface area (Å²) in [4.78, 5) is 8.07. The van der Waals surface area contributed by atoms with Gasteiger partial charge in [0, 0.05) is 31.3 Å². The van der Waals surface area contributed by atoms with Crippen LogP contribution in [0, 0.1) is 5.41 Å². The largest absolute Gasteiger partial charge is 0.357 e. The minimum Gasteiger partial charge on any atom is -0.357 e. The van der Waals surface area contributed by atoms with Gasteiger partial charge in [-0.25, -0.2) is 8.42 Å². The van der Waals surface area contributed by atoms with E-state index in [4.69, 9.17) is 4.99 Å². The minimum atomic E-state index is -2.94. The van der Waals surface area contributed by atoms with Crippen molar-refractivity contribution in [3.63, 3.8) is 0 Å². The van der Waals surface area contributed by atoms with E-state index < -0.39 is 9.84 Å². The Hall–Kier alpha value is 0.130. The quantitative estimate of drug-likeness (QED) is 0.294. The first-order chi connectivity index (χ1) is 11.0. The van der Waals surface area contributed by atoms with Gasteiger partial charge in [-0.3, -0.25) is 4.99 Å². The molecular formula is C16H29BrIN3O2S2. The lowest BCUT2D eigenvalue weighted by Crippen LogP contribution is -2.39. The van der Waals surface area contributed by atoms with Crippen LogP contribution in [0.5, 0.6) is 0 Å². The van der Waals surface area contributed by atoms with Crippen molar-refractivity contribution in [1.82, 2.24) is 10.2 Å².